The van der Waals surface area contributed by atoms with Crippen molar-refractivity contribution in [2.45, 2.75) is 20.0 Å². The minimum atomic E-state index is -4.57. The summed E-state index contributed by atoms with van der Waals surface area (Å²) in [7, 11) is 0. The molecule has 0 radical (unpaired) electrons. The van der Waals surface area contributed by atoms with Gasteiger partial charge < -0.3 is 9.64 Å². The van der Waals surface area contributed by atoms with E-state index in [0.717, 1.165) is 18.2 Å². The van der Waals surface area contributed by atoms with Crippen molar-refractivity contribution in [3.05, 3.63) is 58.7 Å². The highest BCUT2D eigenvalue weighted by Gasteiger charge is 2.32. The smallest absolute Gasteiger partial charge is 0.416 e. The minimum Gasteiger partial charge on any atom is -0.493 e. The van der Waals surface area contributed by atoms with Gasteiger partial charge in [0.15, 0.2) is 11.6 Å². The number of hydrogen-bond donors (Lipinski definition) is 1. The standard InChI is InChI=1S/C22H17ClF5N5O/c1-3-33(15-7-5-11(9-12(15)23)22(26,27)28)21-30-14-10-29-32-19(14)20(31-21)17-16(34-4-2)8-6-13(24)18(17)25/h5-10H,3-4H2,1-2H3,(H,29,32). The maximum Gasteiger partial charge on any atom is 0.416 e. The molecule has 0 amide bonds. The van der Waals surface area contributed by atoms with Crippen molar-refractivity contribution in [1.29, 1.82) is 0 Å². The Morgan fingerprint density at radius 1 is 1.09 bits per heavy atom. The first-order valence-corrected chi connectivity index (χ1v) is 10.5. The van der Waals surface area contributed by atoms with Crippen LogP contribution in [0.2, 0.25) is 5.02 Å². The van der Waals surface area contributed by atoms with Gasteiger partial charge in [0.2, 0.25) is 5.95 Å². The lowest BCUT2D eigenvalue weighted by Gasteiger charge is -2.23. The van der Waals surface area contributed by atoms with Gasteiger partial charge in [-0.15, -0.1) is 0 Å². The van der Waals surface area contributed by atoms with Crippen LogP contribution >= 0.6 is 11.6 Å². The fourth-order valence-electron chi connectivity index (χ4n) is 3.48. The average Bonchev–Trinajstić information content (AvgIpc) is 3.26. The first-order chi connectivity index (χ1) is 16.2. The lowest BCUT2D eigenvalue weighted by molar-refractivity contribution is -0.137. The number of H-pyrrole nitrogens is 1. The lowest BCUT2D eigenvalue weighted by Crippen LogP contribution is -2.20. The van der Waals surface area contributed by atoms with Crippen molar-refractivity contribution in [2.24, 2.45) is 0 Å². The van der Waals surface area contributed by atoms with Gasteiger partial charge in [0.25, 0.3) is 0 Å². The van der Waals surface area contributed by atoms with Crippen LogP contribution in [-0.2, 0) is 6.18 Å². The molecule has 0 saturated carbocycles. The number of halogens is 6. The molecule has 0 atom stereocenters. The molecule has 2 aromatic heterocycles. The predicted molar refractivity (Wildman–Crippen MR) is 117 cm³/mol. The Hall–Kier alpha value is -3.47. The Kier molecular flexibility index (Phi) is 6.30. The fourth-order valence-corrected chi connectivity index (χ4v) is 3.76. The molecule has 6 nitrogen and oxygen atoms in total. The number of aromatic amines is 1. The van der Waals surface area contributed by atoms with Crippen molar-refractivity contribution in [2.75, 3.05) is 18.1 Å². The number of nitrogens with one attached hydrogen (secondary N) is 1. The van der Waals surface area contributed by atoms with Crippen molar-refractivity contribution < 1.29 is 26.7 Å². The van der Waals surface area contributed by atoms with Gasteiger partial charge in [-0.05, 0) is 44.2 Å². The Balaban J connectivity index is 1.93. The van der Waals surface area contributed by atoms with Crippen LogP contribution in [0.25, 0.3) is 22.3 Å². The van der Waals surface area contributed by atoms with E-state index >= 15 is 0 Å². The summed E-state index contributed by atoms with van der Waals surface area (Å²) in [5.74, 6) is -2.23. The van der Waals surface area contributed by atoms with Crippen LogP contribution in [0.3, 0.4) is 0 Å². The zero-order valence-corrected chi connectivity index (χ0v) is 18.6. The van der Waals surface area contributed by atoms with E-state index in [1.165, 1.54) is 23.2 Å². The highest BCUT2D eigenvalue weighted by atomic mass is 35.5. The monoisotopic (exact) mass is 497 g/mol. The molecule has 0 spiro atoms. The summed E-state index contributed by atoms with van der Waals surface area (Å²) in [6.07, 6.45) is -3.20. The topological polar surface area (TPSA) is 66.9 Å². The Labute approximate surface area is 195 Å². The van der Waals surface area contributed by atoms with Gasteiger partial charge in [0.1, 0.15) is 22.5 Å². The molecular formula is C22H17ClF5N5O. The minimum absolute atomic E-state index is 0.000770. The number of ether oxygens (including phenoxy) is 1. The number of hydrogen-bond acceptors (Lipinski definition) is 5. The molecule has 4 aromatic rings. The second-order valence-electron chi connectivity index (χ2n) is 7.08. The number of fused-ring (bicyclic) bond motifs is 1. The van der Waals surface area contributed by atoms with E-state index in [1.54, 1.807) is 13.8 Å². The maximum absolute atomic E-state index is 15.0. The summed E-state index contributed by atoms with van der Waals surface area (Å²) in [4.78, 5) is 10.3. The average molecular weight is 498 g/mol. The molecule has 0 bridgehead atoms. The van der Waals surface area contributed by atoms with Crippen molar-refractivity contribution >= 4 is 34.3 Å². The second-order valence-corrected chi connectivity index (χ2v) is 7.49. The third-order valence-corrected chi connectivity index (χ3v) is 5.31. The van der Waals surface area contributed by atoms with Crippen LogP contribution in [0.15, 0.2) is 36.5 Å². The number of aromatic nitrogens is 4. The van der Waals surface area contributed by atoms with Gasteiger partial charge in [-0.2, -0.15) is 18.3 Å². The van der Waals surface area contributed by atoms with Crippen LogP contribution in [0.4, 0.5) is 33.6 Å². The number of rotatable bonds is 6. The van der Waals surface area contributed by atoms with Crippen LogP contribution in [0.1, 0.15) is 19.4 Å². The third-order valence-electron chi connectivity index (χ3n) is 5.01. The fraction of sp³-hybridized carbons (Fsp3) is 0.227. The molecule has 0 saturated heterocycles. The molecule has 2 heterocycles. The summed E-state index contributed by atoms with van der Waals surface area (Å²) < 4.78 is 73.8. The van der Waals surface area contributed by atoms with Crippen LogP contribution in [0.5, 0.6) is 5.75 Å². The zero-order valence-electron chi connectivity index (χ0n) is 17.8. The molecular weight excluding hydrogens is 481 g/mol. The van der Waals surface area contributed by atoms with E-state index in [-0.39, 0.29) is 57.9 Å². The van der Waals surface area contributed by atoms with E-state index < -0.39 is 23.4 Å². The normalized spacial score (nSPS) is 11.8. The van der Waals surface area contributed by atoms with Crippen molar-refractivity contribution in [3.63, 3.8) is 0 Å². The quantitative estimate of drug-likeness (QED) is 0.307. The highest BCUT2D eigenvalue weighted by molar-refractivity contribution is 6.33. The molecule has 2 aromatic carbocycles. The van der Waals surface area contributed by atoms with Gasteiger partial charge in [-0.25, -0.2) is 18.7 Å². The maximum atomic E-state index is 15.0. The zero-order chi connectivity index (χ0) is 24.6. The van der Waals surface area contributed by atoms with Crippen molar-refractivity contribution in [3.8, 4) is 17.0 Å². The Morgan fingerprint density at radius 3 is 2.50 bits per heavy atom. The molecule has 0 aliphatic rings. The molecule has 34 heavy (non-hydrogen) atoms. The van der Waals surface area contributed by atoms with E-state index in [9.17, 15) is 22.0 Å². The van der Waals surface area contributed by atoms with Gasteiger partial charge >= 0.3 is 6.18 Å². The largest absolute Gasteiger partial charge is 0.493 e. The van der Waals surface area contributed by atoms with Crippen molar-refractivity contribution in [1.82, 2.24) is 20.2 Å². The molecule has 178 valence electrons. The summed E-state index contributed by atoms with van der Waals surface area (Å²) in [6.45, 7) is 3.79. The van der Waals surface area contributed by atoms with Crippen LogP contribution < -0.4 is 9.64 Å². The molecule has 1 N–H and O–H groups in total. The van der Waals surface area contributed by atoms with E-state index in [2.05, 4.69) is 20.2 Å². The number of nitrogens with zero attached hydrogens (tertiary/aromatic N) is 4. The van der Waals surface area contributed by atoms with E-state index in [4.69, 9.17) is 16.3 Å². The van der Waals surface area contributed by atoms with E-state index in [0.29, 0.717) is 0 Å². The summed E-state index contributed by atoms with van der Waals surface area (Å²) in [5.41, 5.74) is -0.479. The van der Waals surface area contributed by atoms with E-state index in [1.807, 2.05) is 0 Å². The highest BCUT2D eigenvalue weighted by Crippen LogP contribution is 2.40. The molecule has 0 aliphatic heterocycles. The number of alkyl halides is 3. The summed E-state index contributed by atoms with van der Waals surface area (Å²) in [5, 5.41) is 6.41. The first-order valence-electron chi connectivity index (χ1n) is 10.1. The summed E-state index contributed by atoms with van der Waals surface area (Å²) in [6, 6.07) is 5.12. The predicted octanol–water partition coefficient (Wildman–Crippen LogP) is 6.53. The van der Waals surface area contributed by atoms with Gasteiger partial charge in [-0.1, -0.05) is 11.6 Å². The van der Waals surface area contributed by atoms with Gasteiger partial charge in [0.05, 0.1) is 34.6 Å². The molecule has 12 heteroatoms. The first kappa shape index (κ1) is 23.7. The SMILES string of the molecule is CCOc1ccc(F)c(F)c1-c1nc(N(CC)c2ccc(C(F)(F)F)cc2Cl)nc2cn[nH]c12. The lowest BCUT2D eigenvalue weighted by atomic mass is 10.1. The van der Waals surface area contributed by atoms with Crippen LogP contribution in [-0.4, -0.2) is 33.3 Å². The number of anilines is 2. The summed E-state index contributed by atoms with van der Waals surface area (Å²) >= 11 is 6.18. The third kappa shape index (κ3) is 4.23. The molecule has 0 fully saturated rings. The van der Waals surface area contributed by atoms with Gasteiger partial charge in [-0.3, -0.25) is 5.10 Å². The van der Waals surface area contributed by atoms with Gasteiger partial charge in [0, 0.05) is 6.54 Å². The molecule has 4 rings (SSSR count). The Morgan fingerprint density at radius 2 is 1.85 bits per heavy atom. The van der Waals surface area contributed by atoms with Crippen LogP contribution in [0, 0.1) is 11.6 Å². The molecule has 0 aliphatic carbocycles. The number of benzene rings is 2. The second kappa shape index (κ2) is 9.05. The Bertz CT molecular complexity index is 1360. The molecule has 0 unspecified atom stereocenters.